The number of unbranched alkanes of at least 4 members (excludes halogenated alkanes) is 1. The molecule has 19 heavy (non-hydrogen) atoms. The Labute approximate surface area is 117 Å². The van der Waals surface area contributed by atoms with Crippen LogP contribution in [-0.4, -0.2) is 31.4 Å². The van der Waals surface area contributed by atoms with Gasteiger partial charge in [-0.1, -0.05) is 43.2 Å². The van der Waals surface area contributed by atoms with Gasteiger partial charge in [-0.25, -0.2) is 0 Å². The summed E-state index contributed by atoms with van der Waals surface area (Å²) in [6.07, 6.45) is 2.88. The number of ether oxygens (including phenoxy) is 1. The van der Waals surface area contributed by atoms with Gasteiger partial charge >= 0.3 is 0 Å². The Bertz CT molecular complexity index is 324. The molecule has 0 spiro atoms. The summed E-state index contributed by atoms with van der Waals surface area (Å²) < 4.78 is 5.48. The summed E-state index contributed by atoms with van der Waals surface area (Å²) in [6.45, 7) is 7.35. The monoisotopic (exact) mass is 265 g/mol. The first-order chi connectivity index (χ1) is 9.24. The average molecular weight is 265 g/mol. The summed E-state index contributed by atoms with van der Waals surface area (Å²) in [5.74, 6) is 0. The summed E-state index contributed by atoms with van der Waals surface area (Å²) in [5, 5.41) is 13.2. The second-order valence-corrected chi connectivity index (χ2v) is 4.95. The number of hydrogen-bond donors (Lipinski definition) is 2. The van der Waals surface area contributed by atoms with E-state index in [0.717, 1.165) is 38.2 Å². The topological polar surface area (TPSA) is 41.5 Å². The van der Waals surface area contributed by atoms with Gasteiger partial charge < -0.3 is 15.2 Å². The second kappa shape index (κ2) is 9.96. The van der Waals surface area contributed by atoms with Crippen molar-refractivity contribution in [2.24, 2.45) is 0 Å². The van der Waals surface area contributed by atoms with Crippen molar-refractivity contribution in [2.75, 3.05) is 26.3 Å². The lowest BCUT2D eigenvalue weighted by Crippen LogP contribution is -2.23. The van der Waals surface area contributed by atoms with Crippen LogP contribution in [-0.2, 0) is 4.74 Å². The standard InChI is InChI=1S/C16H27NO2/c1-3-4-11-19-12-5-10-17-13-16(18)15-8-6-14(2)7-9-15/h6-9,16-18H,3-5,10-13H2,1-2H3. The molecule has 0 aliphatic rings. The highest BCUT2D eigenvalue weighted by atomic mass is 16.5. The molecule has 0 aromatic heterocycles. The van der Waals surface area contributed by atoms with Crippen LogP contribution < -0.4 is 5.32 Å². The lowest BCUT2D eigenvalue weighted by Gasteiger charge is -2.12. The number of aliphatic hydroxyl groups is 1. The fourth-order valence-electron chi connectivity index (χ4n) is 1.79. The van der Waals surface area contributed by atoms with Gasteiger partial charge in [0.05, 0.1) is 6.10 Å². The second-order valence-electron chi connectivity index (χ2n) is 4.95. The average Bonchev–Trinajstić information content (AvgIpc) is 2.42. The Morgan fingerprint density at radius 2 is 1.84 bits per heavy atom. The summed E-state index contributed by atoms with van der Waals surface area (Å²) >= 11 is 0. The smallest absolute Gasteiger partial charge is 0.0914 e. The molecule has 0 fully saturated rings. The van der Waals surface area contributed by atoms with Crippen LogP contribution in [0, 0.1) is 6.92 Å². The number of aryl methyl sites for hydroxylation is 1. The van der Waals surface area contributed by atoms with Gasteiger partial charge in [-0.15, -0.1) is 0 Å². The molecule has 1 atom stereocenters. The van der Waals surface area contributed by atoms with E-state index in [9.17, 15) is 5.11 Å². The zero-order valence-corrected chi connectivity index (χ0v) is 12.2. The molecule has 2 N–H and O–H groups in total. The molecule has 0 bridgehead atoms. The van der Waals surface area contributed by atoms with E-state index < -0.39 is 6.10 Å². The van der Waals surface area contributed by atoms with Crippen LogP contribution in [0.4, 0.5) is 0 Å². The highest BCUT2D eigenvalue weighted by molar-refractivity contribution is 5.23. The van der Waals surface area contributed by atoms with E-state index in [0.29, 0.717) is 6.54 Å². The molecule has 0 aliphatic carbocycles. The number of nitrogens with one attached hydrogen (secondary N) is 1. The van der Waals surface area contributed by atoms with Crippen molar-refractivity contribution in [3.63, 3.8) is 0 Å². The number of hydrogen-bond acceptors (Lipinski definition) is 3. The van der Waals surface area contributed by atoms with Crippen LogP contribution in [0.15, 0.2) is 24.3 Å². The molecule has 0 aliphatic heterocycles. The molecule has 0 amide bonds. The van der Waals surface area contributed by atoms with E-state index in [2.05, 4.69) is 12.2 Å². The van der Waals surface area contributed by atoms with Crippen molar-refractivity contribution in [3.05, 3.63) is 35.4 Å². The molecule has 108 valence electrons. The van der Waals surface area contributed by atoms with Gasteiger partial charge in [-0.2, -0.15) is 0 Å². The van der Waals surface area contributed by atoms with Crippen molar-refractivity contribution < 1.29 is 9.84 Å². The van der Waals surface area contributed by atoms with Gasteiger partial charge in [-0.05, 0) is 31.9 Å². The van der Waals surface area contributed by atoms with Gasteiger partial charge in [0.25, 0.3) is 0 Å². The van der Waals surface area contributed by atoms with E-state index in [1.807, 2.05) is 31.2 Å². The van der Waals surface area contributed by atoms with E-state index in [1.165, 1.54) is 12.0 Å². The molecule has 0 heterocycles. The van der Waals surface area contributed by atoms with Crippen LogP contribution in [0.25, 0.3) is 0 Å². The highest BCUT2D eigenvalue weighted by Gasteiger charge is 2.05. The van der Waals surface area contributed by atoms with Gasteiger partial charge in [0.1, 0.15) is 0 Å². The molecule has 1 aromatic rings. The maximum Gasteiger partial charge on any atom is 0.0914 e. The largest absolute Gasteiger partial charge is 0.387 e. The highest BCUT2D eigenvalue weighted by Crippen LogP contribution is 2.12. The van der Waals surface area contributed by atoms with Crippen molar-refractivity contribution in [3.8, 4) is 0 Å². The van der Waals surface area contributed by atoms with E-state index in [4.69, 9.17) is 4.74 Å². The Morgan fingerprint density at radius 3 is 2.53 bits per heavy atom. The van der Waals surface area contributed by atoms with Crippen molar-refractivity contribution in [2.45, 2.75) is 39.2 Å². The van der Waals surface area contributed by atoms with Gasteiger partial charge in [0.2, 0.25) is 0 Å². The first-order valence-electron chi connectivity index (χ1n) is 7.27. The zero-order valence-electron chi connectivity index (χ0n) is 12.2. The Morgan fingerprint density at radius 1 is 1.16 bits per heavy atom. The molecular weight excluding hydrogens is 238 g/mol. The van der Waals surface area contributed by atoms with Crippen molar-refractivity contribution >= 4 is 0 Å². The van der Waals surface area contributed by atoms with Gasteiger partial charge in [0, 0.05) is 19.8 Å². The maximum atomic E-state index is 9.99. The Balaban J connectivity index is 2.04. The SMILES string of the molecule is CCCCOCCCNCC(O)c1ccc(C)cc1. The first-order valence-corrected chi connectivity index (χ1v) is 7.27. The van der Waals surface area contributed by atoms with E-state index in [1.54, 1.807) is 0 Å². The third kappa shape index (κ3) is 7.31. The van der Waals surface area contributed by atoms with Crippen molar-refractivity contribution in [1.29, 1.82) is 0 Å². The van der Waals surface area contributed by atoms with Crippen LogP contribution in [0.5, 0.6) is 0 Å². The van der Waals surface area contributed by atoms with Crippen LogP contribution in [0.3, 0.4) is 0 Å². The summed E-state index contributed by atoms with van der Waals surface area (Å²) in [7, 11) is 0. The maximum absolute atomic E-state index is 9.99. The minimum atomic E-state index is -0.429. The third-order valence-corrected chi connectivity index (χ3v) is 3.08. The van der Waals surface area contributed by atoms with Crippen LogP contribution in [0.1, 0.15) is 43.4 Å². The van der Waals surface area contributed by atoms with E-state index >= 15 is 0 Å². The lowest BCUT2D eigenvalue weighted by molar-refractivity contribution is 0.126. The minimum absolute atomic E-state index is 0.429. The normalized spacial score (nSPS) is 12.6. The number of aliphatic hydroxyl groups excluding tert-OH is 1. The van der Waals surface area contributed by atoms with Crippen molar-refractivity contribution in [1.82, 2.24) is 5.32 Å². The molecule has 1 rings (SSSR count). The van der Waals surface area contributed by atoms with E-state index in [-0.39, 0.29) is 0 Å². The summed E-state index contributed by atoms with van der Waals surface area (Å²) in [6, 6.07) is 8.02. The Hall–Kier alpha value is -0.900. The molecule has 3 heteroatoms. The predicted molar refractivity (Wildman–Crippen MR) is 79.4 cm³/mol. The minimum Gasteiger partial charge on any atom is -0.387 e. The summed E-state index contributed by atoms with van der Waals surface area (Å²) in [5.41, 5.74) is 2.19. The number of rotatable bonds is 10. The fourth-order valence-corrected chi connectivity index (χ4v) is 1.79. The molecule has 3 nitrogen and oxygen atoms in total. The molecule has 1 unspecified atom stereocenters. The molecule has 0 saturated heterocycles. The van der Waals surface area contributed by atoms with Gasteiger partial charge in [-0.3, -0.25) is 0 Å². The molecular formula is C16H27NO2. The fraction of sp³-hybridized carbons (Fsp3) is 0.625. The Kier molecular flexibility index (Phi) is 8.47. The lowest BCUT2D eigenvalue weighted by atomic mass is 10.1. The quantitative estimate of drug-likeness (QED) is 0.639. The third-order valence-electron chi connectivity index (χ3n) is 3.08. The zero-order chi connectivity index (χ0) is 13.9. The van der Waals surface area contributed by atoms with Crippen LogP contribution >= 0.6 is 0 Å². The number of benzene rings is 1. The summed E-state index contributed by atoms with van der Waals surface area (Å²) in [4.78, 5) is 0. The first kappa shape index (κ1) is 16.2. The molecule has 1 aromatic carbocycles. The predicted octanol–water partition coefficient (Wildman–Crippen LogP) is 2.82. The molecule has 0 saturated carbocycles. The molecule has 0 radical (unpaired) electrons. The van der Waals surface area contributed by atoms with Crippen LogP contribution in [0.2, 0.25) is 0 Å². The van der Waals surface area contributed by atoms with Gasteiger partial charge in [0.15, 0.2) is 0 Å².